The van der Waals surface area contributed by atoms with E-state index in [1.807, 2.05) is 29.2 Å². The molecule has 2 aromatic carbocycles. The topological polar surface area (TPSA) is 36.4 Å². The Morgan fingerprint density at radius 2 is 1.86 bits per heavy atom. The predicted octanol–water partition coefficient (Wildman–Crippen LogP) is 4.38. The first-order chi connectivity index (χ1) is 13.6. The van der Waals surface area contributed by atoms with Gasteiger partial charge in [0.1, 0.15) is 5.82 Å². The smallest absolute Gasteiger partial charge is 0.253 e. The monoisotopic (exact) mass is 397 g/mol. The summed E-state index contributed by atoms with van der Waals surface area (Å²) in [4.78, 5) is 21.4. The van der Waals surface area contributed by atoms with Gasteiger partial charge in [-0.15, -0.1) is 0 Å². The van der Waals surface area contributed by atoms with E-state index in [1.165, 1.54) is 12.1 Å². The van der Waals surface area contributed by atoms with Crippen LogP contribution in [-0.2, 0) is 6.54 Å². The first kappa shape index (κ1) is 18.8. The van der Waals surface area contributed by atoms with E-state index in [2.05, 4.69) is 9.88 Å². The number of carbonyl (C=O) groups is 1. The van der Waals surface area contributed by atoms with Gasteiger partial charge in [-0.25, -0.2) is 4.39 Å². The van der Waals surface area contributed by atoms with Gasteiger partial charge in [0.15, 0.2) is 0 Å². The molecule has 4 nitrogen and oxygen atoms in total. The van der Waals surface area contributed by atoms with Crippen molar-refractivity contribution in [3.8, 4) is 0 Å². The second-order valence-corrected chi connectivity index (χ2v) is 7.44. The zero-order chi connectivity index (χ0) is 19.5. The van der Waals surface area contributed by atoms with Crippen LogP contribution in [0, 0.1) is 5.82 Å². The minimum absolute atomic E-state index is 0.0412. The molecule has 1 aliphatic heterocycles. The van der Waals surface area contributed by atoms with Crippen molar-refractivity contribution in [3.05, 3.63) is 76.7 Å². The van der Waals surface area contributed by atoms with Crippen molar-refractivity contribution >= 4 is 28.4 Å². The van der Waals surface area contributed by atoms with E-state index in [1.54, 1.807) is 18.3 Å². The second-order valence-electron chi connectivity index (χ2n) is 7.03. The number of nitrogens with zero attached hydrogens (tertiary/aromatic N) is 3. The fourth-order valence-electron chi connectivity index (χ4n) is 3.67. The summed E-state index contributed by atoms with van der Waals surface area (Å²) in [5.74, 6) is -0.372. The normalized spacial score (nSPS) is 15.6. The van der Waals surface area contributed by atoms with Crippen LogP contribution in [0.3, 0.4) is 0 Å². The Hall–Kier alpha value is -2.50. The number of aromatic nitrogens is 1. The van der Waals surface area contributed by atoms with Crippen molar-refractivity contribution in [1.29, 1.82) is 0 Å². The number of fused-ring (bicyclic) bond motifs is 1. The number of amides is 1. The molecular weight excluding hydrogens is 377 g/mol. The average Bonchev–Trinajstić information content (AvgIpc) is 2.96. The highest BCUT2D eigenvalue weighted by molar-refractivity contribution is 6.35. The molecule has 1 amide bonds. The zero-order valence-corrected chi connectivity index (χ0v) is 16.2. The van der Waals surface area contributed by atoms with Crippen molar-refractivity contribution in [2.45, 2.75) is 13.0 Å². The quantitative estimate of drug-likeness (QED) is 0.658. The maximum atomic E-state index is 13.1. The summed E-state index contributed by atoms with van der Waals surface area (Å²) in [6.07, 6.45) is 2.68. The number of carbonyl (C=O) groups excluding carboxylic acids is 1. The van der Waals surface area contributed by atoms with Crippen LogP contribution in [0.4, 0.5) is 4.39 Å². The van der Waals surface area contributed by atoms with E-state index in [4.69, 9.17) is 11.6 Å². The molecule has 0 atom stereocenters. The van der Waals surface area contributed by atoms with Gasteiger partial charge in [-0.3, -0.25) is 14.7 Å². The lowest BCUT2D eigenvalue weighted by Crippen LogP contribution is -2.35. The van der Waals surface area contributed by atoms with E-state index in [9.17, 15) is 9.18 Å². The van der Waals surface area contributed by atoms with Crippen LogP contribution < -0.4 is 0 Å². The molecule has 0 bridgehead atoms. The summed E-state index contributed by atoms with van der Waals surface area (Å²) >= 11 is 6.30. The van der Waals surface area contributed by atoms with Crippen molar-refractivity contribution < 1.29 is 9.18 Å². The molecule has 0 unspecified atom stereocenters. The Balaban J connectivity index is 1.46. The molecule has 0 radical (unpaired) electrons. The van der Waals surface area contributed by atoms with Crippen molar-refractivity contribution in [3.63, 3.8) is 0 Å². The predicted molar refractivity (Wildman–Crippen MR) is 109 cm³/mol. The molecule has 1 fully saturated rings. The lowest BCUT2D eigenvalue weighted by molar-refractivity contribution is 0.0761. The lowest BCUT2D eigenvalue weighted by atomic mass is 10.1. The molecule has 0 saturated carbocycles. The van der Waals surface area contributed by atoms with Gasteiger partial charge >= 0.3 is 0 Å². The Bertz CT molecular complexity index is 993. The highest BCUT2D eigenvalue weighted by Gasteiger charge is 2.21. The van der Waals surface area contributed by atoms with E-state index in [0.717, 1.165) is 42.5 Å². The minimum atomic E-state index is -0.331. The molecular formula is C22H21ClFN3O. The first-order valence-corrected chi connectivity index (χ1v) is 9.79. The van der Waals surface area contributed by atoms with E-state index in [-0.39, 0.29) is 11.7 Å². The van der Waals surface area contributed by atoms with Crippen LogP contribution in [0.1, 0.15) is 22.3 Å². The lowest BCUT2D eigenvalue weighted by Gasteiger charge is -2.22. The van der Waals surface area contributed by atoms with Crippen molar-refractivity contribution in [2.75, 3.05) is 26.2 Å². The zero-order valence-electron chi connectivity index (χ0n) is 15.4. The SMILES string of the molecule is O=C(c1ccc(F)cc1)N1CCCN(Cc2ccc(Cl)c3cccnc23)CC1. The van der Waals surface area contributed by atoms with Crippen LogP contribution in [0.25, 0.3) is 10.9 Å². The van der Waals surface area contributed by atoms with Crippen LogP contribution in [-0.4, -0.2) is 46.9 Å². The van der Waals surface area contributed by atoms with Crippen LogP contribution in [0.15, 0.2) is 54.7 Å². The van der Waals surface area contributed by atoms with Crippen LogP contribution in [0.5, 0.6) is 0 Å². The molecule has 1 saturated heterocycles. The molecule has 4 rings (SSSR count). The van der Waals surface area contributed by atoms with E-state index < -0.39 is 0 Å². The average molecular weight is 398 g/mol. The summed E-state index contributed by atoms with van der Waals surface area (Å²) in [6.45, 7) is 3.80. The maximum Gasteiger partial charge on any atom is 0.253 e. The highest BCUT2D eigenvalue weighted by Crippen LogP contribution is 2.26. The Labute approximate surface area is 168 Å². The van der Waals surface area contributed by atoms with Gasteiger partial charge in [-0.1, -0.05) is 17.7 Å². The molecule has 3 aromatic rings. The van der Waals surface area contributed by atoms with Crippen molar-refractivity contribution in [2.24, 2.45) is 0 Å². The molecule has 2 heterocycles. The van der Waals surface area contributed by atoms with Gasteiger partial charge in [0.2, 0.25) is 0 Å². The number of pyridine rings is 1. The fourth-order valence-corrected chi connectivity index (χ4v) is 3.89. The minimum Gasteiger partial charge on any atom is -0.337 e. The van der Waals surface area contributed by atoms with E-state index >= 15 is 0 Å². The third kappa shape index (κ3) is 4.01. The van der Waals surface area contributed by atoms with Gasteiger partial charge in [0, 0.05) is 54.9 Å². The second kappa shape index (κ2) is 8.25. The molecule has 6 heteroatoms. The summed E-state index contributed by atoms with van der Waals surface area (Å²) < 4.78 is 13.1. The summed E-state index contributed by atoms with van der Waals surface area (Å²) in [6, 6.07) is 13.6. The van der Waals surface area contributed by atoms with Crippen molar-refractivity contribution in [1.82, 2.24) is 14.8 Å². The van der Waals surface area contributed by atoms with Gasteiger partial charge in [-0.05, 0) is 54.4 Å². The molecule has 1 aliphatic rings. The van der Waals surface area contributed by atoms with Gasteiger partial charge in [0.05, 0.1) is 5.52 Å². The third-order valence-corrected chi connectivity index (χ3v) is 5.49. The molecule has 0 aliphatic carbocycles. The Morgan fingerprint density at radius 3 is 2.68 bits per heavy atom. The number of rotatable bonds is 3. The number of benzene rings is 2. The Morgan fingerprint density at radius 1 is 1.04 bits per heavy atom. The summed E-state index contributed by atoms with van der Waals surface area (Å²) in [5, 5.41) is 1.67. The first-order valence-electron chi connectivity index (χ1n) is 9.41. The highest BCUT2D eigenvalue weighted by atomic mass is 35.5. The molecule has 1 aromatic heterocycles. The van der Waals surface area contributed by atoms with Gasteiger partial charge < -0.3 is 4.90 Å². The maximum absolute atomic E-state index is 13.1. The standard InChI is InChI=1S/C22H21ClFN3O/c23-20-9-6-17(21-19(20)3-1-10-25-21)15-26-11-2-12-27(14-13-26)22(28)16-4-7-18(24)8-5-16/h1,3-10H,2,11-15H2. The molecule has 0 spiro atoms. The number of halogens is 2. The number of hydrogen-bond donors (Lipinski definition) is 0. The van der Waals surface area contributed by atoms with E-state index in [0.29, 0.717) is 23.7 Å². The third-order valence-electron chi connectivity index (χ3n) is 5.16. The Kier molecular flexibility index (Phi) is 5.55. The van der Waals surface area contributed by atoms with Crippen LogP contribution >= 0.6 is 11.6 Å². The summed E-state index contributed by atoms with van der Waals surface area (Å²) in [7, 11) is 0. The molecule has 0 N–H and O–H groups in total. The summed E-state index contributed by atoms with van der Waals surface area (Å²) in [5.41, 5.74) is 2.60. The largest absolute Gasteiger partial charge is 0.337 e. The van der Waals surface area contributed by atoms with Gasteiger partial charge in [-0.2, -0.15) is 0 Å². The number of hydrogen-bond acceptors (Lipinski definition) is 3. The van der Waals surface area contributed by atoms with Crippen LogP contribution in [0.2, 0.25) is 5.02 Å². The van der Waals surface area contributed by atoms with Gasteiger partial charge in [0.25, 0.3) is 5.91 Å². The molecule has 28 heavy (non-hydrogen) atoms. The fraction of sp³-hybridized carbons (Fsp3) is 0.273. The molecule has 144 valence electrons.